The average Bonchev–Trinajstić information content (AvgIpc) is 2.93. The molecule has 2 rings (SSSR count). The number of nitrogens with one attached hydrogen (secondary N) is 1. The smallest absolute Gasteiger partial charge is 0.240 e. The zero-order valence-electron chi connectivity index (χ0n) is 12.4. The summed E-state index contributed by atoms with van der Waals surface area (Å²) in [6, 6.07) is -0.0515. The predicted octanol–water partition coefficient (Wildman–Crippen LogP) is -0.720. The van der Waals surface area contributed by atoms with Crippen molar-refractivity contribution in [3.63, 3.8) is 0 Å². The first-order valence-electron chi connectivity index (χ1n) is 7.71. The van der Waals surface area contributed by atoms with Gasteiger partial charge in [0, 0.05) is 39.3 Å². The van der Waals surface area contributed by atoms with Crippen molar-refractivity contribution in [2.75, 3.05) is 52.5 Å². The van der Waals surface area contributed by atoms with E-state index in [1.54, 1.807) is 0 Å². The summed E-state index contributed by atoms with van der Waals surface area (Å²) in [7, 11) is 0. The Morgan fingerprint density at radius 2 is 2.15 bits per heavy atom. The second kappa shape index (κ2) is 7.93. The third-order valence-corrected chi connectivity index (χ3v) is 4.04. The van der Waals surface area contributed by atoms with Crippen LogP contribution >= 0.6 is 0 Å². The van der Waals surface area contributed by atoms with Crippen LogP contribution in [-0.2, 0) is 9.53 Å². The molecule has 0 aromatic heterocycles. The van der Waals surface area contributed by atoms with Crippen LogP contribution in [0.3, 0.4) is 0 Å². The summed E-state index contributed by atoms with van der Waals surface area (Å²) in [5.41, 5.74) is 0. The Morgan fingerprint density at radius 1 is 1.40 bits per heavy atom. The van der Waals surface area contributed by atoms with E-state index in [1.807, 2.05) is 11.8 Å². The fourth-order valence-corrected chi connectivity index (χ4v) is 3.00. The predicted molar refractivity (Wildman–Crippen MR) is 76.5 cm³/mol. The van der Waals surface area contributed by atoms with Crippen molar-refractivity contribution in [3.8, 4) is 0 Å². The number of hydrogen-bond donors (Lipinski definition) is 2. The Balaban J connectivity index is 1.84. The van der Waals surface area contributed by atoms with Gasteiger partial charge in [0.2, 0.25) is 5.91 Å². The summed E-state index contributed by atoms with van der Waals surface area (Å²) >= 11 is 0. The van der Waals surface area contributed by atoms with Crippen molar-refractivity contribution >= 4 is 5.91 Å². The molecule has 2 heterocycles. The molecule has 1 amide bonds. The molecule has 0 aliphatic carbocycles. The van der Waals surface area contributed by atoms with Crippen molar-refractivity contribution in [3.05, 3.63) is 0 Å². The van der Waals surface area contributed by atoms with E-state index in [2.05, 4.69) is 10.2 Å². The van der Waals surface area contributed by atoms with Gasteiger partial charge in [-0.05, 0) is 26.3 Å². The van der Waals surface area contributed by atoms with Gasteiger partial charge in [0.05, 0.1) is 18.8 Å². The van der Waals surface area contributed by atoms with Crippen molar-refractivity contribution in [2.24, 2.45) is 0 Å². The first-order valence-corrected chi connectivity index (χ1v) is 7.71. The molecule has 2 N–H and O–H groups in total. The standard InChI is InChI=1S/C14H27N3O3/c1-2-20-11-12(18)10-17-7-3-4-13(17)14(19)16-8-5-15-6-9-16/h12-13,15,18H,2-11H2,1H3. The van der Waals surface area contributed by atoms with E-state index in [9.17, 15) is 9.90 Å². The molecule has 6 nitrogen and oxygen atoms in total. The number of nitrogens with zero attached hydrogens (tertiary/aromatic N) is 2. The lowest BCUT2D eigenvalue weighted by atomic mass is 10.1. The number of hydrogen-bond acceptors (Lipinski definition) is 5. The van der Waals surface area contributed by atoms with E-state index < -0.39 is 6.10 Å². The number of rotatable bonds is 6. The molecule has 0 aromatic carbocycles. The molecule has 0 spiro atoms. The zero-order valence-corrected chi connectivity index (χ0v) is 12.4. The molecule has 0 bridgehead atoms. The van der Waals surface area contributed by atoms with Gasteiger partial charge < -0.3 is 20.1 Å². The lowest BCUT2D eigenvalue weighted by Gasteiger charge is -2.33. The van der Waals surface area contributed by atoms with E-state index in [4.69, 9.17) is 4.74 Å². The fraction of sp³-hybridized carbons (Fsp3) is 0.929. The van der Waals surface area contributed by atoms with Crippen molar-refractivity contribution in [1.29, 1.82) is 0 Å². The van der Waals surface area contributed by atoms with E-state index in [-0.39, 0.29) is 11.9 Å². The summed E-state index contributed by atoms with van der Waals surface area (Å²) < 4.78 is 5.24. The molecule has 20 heavy (non-hydrogen) atoms. The van der Waals surface area contributed by atoms with Gasteiger partial charge in [0.1, 0.15) is 0 Å². The van der Waals surface area contributed by atoms with Crippen LogP contribution in [0.15, 0.2) is 0 Å². The Hall–Kier alpha value is -0.690. The largest absolute Gasteiger partial charge is 0.389 e. The van der Waals surface area contributed by atoms with Crippen LogP contribution in [0.25, 0.3) is 0 Å². The summed E-state index contributed by atoms with van der Waals surface area (Å²) in [6.07, 6.45) is 1.43. The lowest BCUT2D eigenvalue weighted by Crippen LogP contribution is -2.53. The van der Waals surface area contributed by atoms with Crippen LogP contribution in [0.4, 0.5) is 0 Å². The molecule has 6 heteroatoms. The third kappa shape index (κ3) is 4.15. The van der Waals surface area contributed by atoms with E-state index in [0.29, 0.717) is 19.8 Å². The summed E-state index contributed by atoms with van der Waals surface area (Å²) in [4.78, 5) is 16.6. The SMILES string of the molecule is CCOCC(O)CN1CCCC1C(=O)N1CCNCC1. The van der Waals surface area contributed by atoms with Crippen LogP contribution < -0.4 is 5.32 Å². The van der Waals surface area contributed by atoms with Crippen LogP contribution in [-0.4, -0.2) is 85.4 Å². The number of likely N-dealkylation sites (tertiary alicyclic amines) is 1. The van der Waals surface area contributed by atoms with Crippen LogP contribution in [0.1, 0.15) is 19.8 Å². The summed E-state index contributed by atoms with van der Waals surface area (Å²) in [5, 5.41) is 13.2. The molecule has 0 saturated carbocycles. The number of ether oxygens (including phenoxy) is 1. The number of amides is 1. The van der Waals surface area contributed by atoms with Gasteiger partial charge in [0.15, 0.2) is 0 Å². The highest BCUT2D eigenvalue weighted by Crippen LogP contribution is 2.20. The van der Waals surface area contributed by atoms with Crippen molar-refractivity contribution in [2.45, 2.75) is 31.9 Å². The normalized spacial score (nSPS) is 25.9. The lowest BCUT2D eigenvalue weighted by molar-refractivity contribution is -0.137. The number of carbonyl (C=O) groups excluding carboxylic acids is 1. The maximum Gasteiger partial charge on any atom is 0.240 e. The molecule has 0 aromatic rings. The summed E-state index contributed by atoms with van der Waals surface area (Å²) in [5.74, 6) is 0.229. The molecule has 116 valence electrons. The monoisotopic (exact) mass is 285 g/mol. The molecule has 2 aliphatic heterocycles. The Morgan fingerprint density at radius 3 is 2.85 bits per heavy atom. The minimum Gasteiger partial charge on any atom is -0.389 e. The molecule has 2 unspecified atom stereocenters. The molecule has 2 aliphatic rings. The number of β-amino-alcohol motifs (C(OH)–C–C–N with tert-alkyl or cyclic N) is 1. The maximum atomic E-state index is 12.5. The van der Waals surface area contributed by atoms with Gasteiger partial charge in [-0.3, -0.25) is 9.69 Å². The summed E-state index contributed by atoms with van der Waals surface area (Å²) in [6.45, 7) is 7.65. The third-order valence-electron chi connectivity index (χ3n) is 4.04. The molecule has 2 fully saturated rings. The molecule has 0 radical (unpaired) electrons. The van der Waals surface area contributed by atoms with Gasteiger partial charge in [-0.1, -0.05) is 0 Å². The van der Waals surface area contributed by atoms with E-state index >= 15 is 0 Å². The Bertz CT molecular complexity index is 308. The van der Waals surface area contributed by atoms with Gasteiger partial charge in [0.25, 0.3) is 0 Å². The topological polar surface area (TPSA) is 65.0 Å². The second-order valence-electron chi connectivity index (χ2n) is 5.54. The number of carbonyl (C=O) groups is 1. The number of piperazine rings is 1. The Kier molecular flexibility index (Phi) is 6.22. The van der Waals surface area contributed by atoms with Crippen LogP contribution in [0.2, 0.25) is 0 Å². The van der Waals surface area contributed by atoms with Crippen molar-refractivity contribution < 1.29 is 14.6 Å². The second-order valence-corrected chi connectivity index (χ2v) is 5.54. The maximum absolute atomic E-state index is 12.5. The quantitative estimate of drug-likeness (QED) is 0.674. The Labute approximate surface area is 121 Å². The first kappa shape index (κ1) is 15.7. The number of aliphatic hydroxyl groups is 1. The highest BCUT2D eigenvalue weighted by Gasteiger charge is 2.34. The highest BCUT2D eigenvalue weighted by molar-refractivity contribution is 5.82. The van der Waals surface area contributed by atoms with Crippen LogP contribution in [0, 0.1) is 0 Å². The minimum absolute atomic E-state index is 0.0515. The van der Waals surface area contributed by atoms with Crippen LogP contribution in [0.5, 0.6) is 0 Å². The molecular weight excluding hydrogens is 258 g/mol. The number of aliphatic hydroxyl groups excluding tert-OH is 1. The molecular formula is C14H27N3O3. The van der Waals surface area contributed by atoms with Gasteiger partial charge in [-0.15, -0.1) is 0 Å². The molecule has 2 atom stereocenters. The average molecular weight is 285 g/mol. The van der Waals surface area contributed by atoms with Gasteiger partial charge in [-0.2, -0.15) is 0 Å². The van der Waals surface area contributed by atoms with E-state index in [1.165, 1.54) is 0 Å². The zero-order chi connectivity index (χ0) is 14.4. The first-order chi connectivity index (χ1) is 9.72. The minimum atomic E-state index is -0.508. The van der Waals surface area contributed by atoms with E-state index in [0.717, 1.165) is 45.6 Å². The van der Waals surface area contributed by atoms with Gasteiger partial charge in [-0.25, -0.2) is 0 Å². The highest BCUT2D eigenvalue weighted by atomic mass is 16.5. The fourth-order valence-electron chi connectivity index (χ4n) is 3.00. The molecule has 2 saturated heterocycles. The van der Waals surface area contributed by atoms with Gasteiger partial charge >= 0.3 is 0 Å². The van der Waals surface area contributed by atoms with Crippen molar-refractivity contribution in [1.82, 2.24) is 15.1 Å².